The van der Waals surface area contributed by atoms with Gasteiger partial charge in [0, 0.05) is 44.5 Å². The number of aromatic nitrogens is 3. The molecular weight excluding hydrogens is 554 g/mol. The van der Waals surface area contributed by atoms with Gasteiger partial charge in [-0.15, -0.1) is 0 Å². The summed E-state index contributed by atoms with van der Waals surface area (Å²) < 4.78 is 64.5. The molecule has 5 rings (SSSR count). The first-order valence-corrected chi connectivity index (χ1v) is 13.1. The number of pyridine rings is 1. The molecule has 2 aliphatic heterocycles. The quantitative estimate of drug-likeness (QED) is 0.432. The second-order valence-electron chi connectivity index (χ2n) is 10.1. The van der Waals surface area contributed by atoms with E-state index in [4.69, 9.17) is 22.1 Å². The van der Waals surface area contributed by atoms with Crippen molar-refractivity contribution >= 4 is 40.0 Å². The second kappa shape index (κ2) is 10.5. The number of hydrogen-bond acceptors (Lipinski definition) is 8. The Hall–Kier alpha value is -3.45. The standard InChI is InChI=1S/C26H28ClF4N7O2/c1-12-8-17(32)34-23(20(12)26(29,30)31)19-16(27)9-15-22(21(19)28)35-25(40-11-14-4-5-18(39)37(14)3)36-24(15)38-7-6-33-10-13(38)2/h8-9,13-14,33H,4-7,10-11H2,1-3H3,(H2,32,34)/t13-,14-/m0/s1. The minimum Gasteiger partial charge on any atom is -0.461 e. The number of nitrogen functional groups attached to an aromatic ring is 1. The van der Waals surface area contributed by atoms with Gasteiger partial charge in [0.1, 0.15) is 23.8 Å². The number of nitrogens with one attached hydrogen (secondary N) is 1. The summed E-state index contributed by atoms with van der Waals surface area (Å²) in [5.41, 5.74) is 2.85. The third kappa shape index (κ3) is 5.07. The number of ether oxygens (including phenoxy) is 1. The zero-order valence-electron chi connectivity index (χ0n) is 22.1. The Labute approximate surface area is 232 Å². The molecule has 2 fully saturated rings. The molecule has 1 aromatic carbocycles. The van der Waals surface area contributed by atoms with E-state index < -0.39 is 28.8 Å². The van der Waals surface area contributed by atoms with Crippen LogP contribution in [0.1, 0.15) is 30.9 Å². The van der Waals surface area contributed by atoms with Crippen molar-refractivity contribution in [1.29, 1.82) is 0 Å². The SMILES string of the molecule is Cc1cc(N)nc(-c2c(Cl)cc3c(N4CCNC[C@@H]4C)nc(OC[C@@H]4CCC(=O)N4C)nc3c2F)c1C(F)(F)F. The summed E-state index contributed by atoms with van der Waals surface area (Å²) in [7, 11) is 1.67. The monoisotopic (exact) mass is 581 g/mol. The third-order valence-corrected chi connectivity index (χ3v) is 7.71. The smallest absolute Gasteiger partial charge is 0.418 e. The van der Waals surface area contributed by atoms with Crippen molar-refractivity contribution in [1.82, 2.24) is 25.2 Å². The summed E-state index contributed by atoms with van der Waals surface area (Å²) >= 11 is 6.49. The number of carbonyl (C=O) groups excluding carboxylic acids is 1. The number of piperazine rings is 1. The molecule has 2 aliphatic rings. The maximum absolute atomic E-state index is 16.4. The zero-order valence-corrected chi connectivity index (χ0v) is 22.8. The van der Waals surface area contributed by atoms with E-state index in [0.717, 1.165) is 6.07 Å². The number of likely N-dealkylation sites (tertiary alicyclic amines) is 1. The third-order valence-electron chi connectivity index (χ3n) is 7.41. The van der Waals surface area contributed by atoms with Crippen LogP contribution in [-0.2, 0) is 11.0 Å². The van der Waals surface area contributed by atoms with Gasteiger partial charge in [-0.3, -0.25) is 4.79 Å². The number of carbonyl (C=O) groups is 1. The molecule has 0 unspecified atom stereocenters. The van der Waals surface area contributed by atoms with Gasteiger partial charge in [-0.1, -0.05) is 11.6 Å². The molecule has 14 heteroatoms. The number of halogens is 5. The lowest BCUT2D eigenvalue weighted by atomic mass is 9.99. The first kappa shape index (κ1) is 28.1. The van der Waals surface area contributed by atoms with Gasteiger partial charge in [0.05, 0.1) is 27.9 Å². The van der Waals surface area contributed by atoms with Gasteiger partial charge in [-0.25, -0.2) is 9.37 Å². The first-order chi connectivity index (χ1) is 18.9. The Morgan fingerprint density at radius 1 is 1.25 bits per heavy atom. The molecule has 0 radical (unpaired) electrons. The summed E-state index contributed by atoms with van der Waals surface area (Å²) in [5, 5.41) is 3.20. The van der Waals surface area contributed by atoms with E-state index in [1.54, 1.807) is 11.9 Å². The van der Waals surface area contributed by atoms with Gasteiger partial charge in [-0.05, 0) is 38.0 Å². The Morgan fingerprint density at radius 2 is 2.00 bits per heavy atom. The fourth-order valence-corrected chi connectivity index (χ4v) is 5.56. The van der Waals surface area contributed by atoms with Crippen LogP contribution in [0.4, 0.5) is 29.2 Å². The highest BCUT2D eigenvalue weighted by Crippen LogP contribution is 2.44. The minimum atomic E-state index is -4.85. The van der Waals surface area contributed by atoms with Crippen molar-refractivity contribution in [3.05, 3.63) is 34.1 Å². The van der Waals surface area contributed by atoms with E-state index in [1.807, 2.05) is 11.8 Å². The van der Waals surface area contributed by atoms with Crippen LogP contribution >= 0.6 is 11.6 Å². The molecule has 214 valence electrons. The van der Waals surface area contributed by atoms with Crippen LogP contribution in [0, 0.1) is 12.7 Å². The van der Waals surface area contributed by atoms with E-state index in [1.165, 1.54) is 13.0 Å². The van der Waals surface area contributed by atoms with Crippen LogP contribution in [0.25, 0.3) is 22.2 Å². The zero-order chi connectivity index (χ0) is 28.9. The normalized spacial score (nSPS) is 20.1. The number of fused-ring (bicyclic) bond motifs is 1. The van der Waals surface area contributed by atoms with E-state index in [0.29, 0.717) is 38.3 Å². The largest absolute Gasteiger partial charge is 0.461 e. The maximum atomic E-state index is 16.4. The number of nitrogens with two attached hydrogens (primary N) is 1. The molecular formula is C26H28ClF4N7O2. The van der Waals surface area contributed by atoms with Gasteiger partial charge >= 0.3 is 12.2 Å². The van der Waals surface area contributed by atoms with Crippen molar-refractivity contribution in [3.63, 3.8) is 0 Å². The fraction of sp³-hybridized carbons (Fsp3) is 0.462. The molecule has 2 aromatic heterocycles. The number of aryl methyl sites for hydroxylation is 1. The summed E-state index contributed by atoms with van der Waals surface area (Å²) in [4.78, 5) is 28.1. The lowest BCUT2D eigenvalue weighted by molar-refractivity contribution is -0.137. The predicted octanol–water partition coefficient (Wildman–Crippen LogP) is 4.19. The lowest BCUT2D eigenvalue weighted by Gasteiger charge is -2.35. The fourth-order valence-electron chi connectivity index (χ4n) is 5.28. The van der Waals surface area contributed by atoms with E-state index in [2.05, 4.69) is 20.3 Å². The van der Waals surface area contributed by atoms with Gasteiger partial charge in [0.15, 0.2) is 5.82 Å². The molecule has 3 N–H and O–H groups in total. The van der Waals surface area contributed by atoms with Crippen LogP contribution in [0.2, 0.25) is 5.02 Å². The average molecular weight is 582 g/mol. The first-order valence-electron chi connectivity index (χ1n) is 12.8. The van der Waals surface area contributed by atoms with Crippen LogP contribution in [0.5, 0.6) is 6.01 Å². The summed E-state index contributed by atoms with van der Waals surface area (Å²) in [6, 6.07) is 2.00. The lowest BCUT2D eigenvalue weighted by Crippen LogP contribution is -2.50. The highest BCUT2D eigenvalue weighted by molar-refractivity contribution is 6.34. The molecule has 2 atom stereocenters. The van der Waals surface area contributed by atoms with Crippen LogP contribution in [0.15, 0.2) is 12.1 Å². The minimum absolute atomic E-state index is 0.0147. The number of nitrogens with zero attached hydrogens (tertiary/aromatic N) is 5. The molecule has 0 aliphatic carbocycles. The van der Waals surface area contributed by atoms with Crippen LogP contribution < -0.4 is 20.7 Å². The number of hydrogen-bond donors (Lipinski definition) is 2. The Balaban J connectivity index is 1.70. The van der Waals surface area contributed by atoms with Crippen molar-refractivity contribution in [2.75, 3.05) is 43.9 Å². The molecule has 0 spiro atoms. The topological polar surface area (TPSA) is 110 Å². The van der Waals surface area contributed by atoms with Crippen molar-refractivity contribution in [3.8, 4) is 17.3 Å². The molecule has 2 saturated heterocycles. The van der Waals surface area contributed by atoms with Gasteiger partial charge < -0.3 is 25.6 Å². The molecule has 9 nitrogen and oxygen atoms in total. The highest BCUT2D eigenvalue weighted by atomic mass is 35.5. The van der Waals surface area contributed by atoms with Crippen molar-refractivity contribution in [2.45, 2.75) is 44.9 Å². The molecule has 0 saturated carbocycles. The summed E-state index contributed by atoms with van der Waals surface area (Å²) in [5.74, 6) is -0.993. The number of rotatable bonds is 5. The molecule has 40 heavy (non-hydrogen) atoms. The Kier molecular flexibility index (Phi) is 7.38. The predicted molar refractivity (Wildman–Crippen MR) is 143 cm³/mol. The molecule has 0 bridgehead atoms. The summed E-state index contributed by atoms with van der Waals surface area (Å²) in [6.07, 6.45) is -3.88. The molecule has 3 aromatic rings. The highest BCUT2D eigenvalue weighted by Gasteiger charge is 2.39. The van der Waals surface area contributed by atoms with Crippen LogP contribution in [0.3, 0.4) is 0 Å². The number of likely N-dealkylation sites (N-methyl/N-ethyl adjacent to an activating group) is 1. The average Bonchev–Trinajstić information content (AvgIpc) is 3.19. The van der Waals surface area contributed by atoms with Crippen LogP contribution in [-0.4, -0.2) is 71.1 Å². The number of benzene rings is 1. The van der Waals surface area contributed by atoms with E-state index in [9.17, 15) is 18.0 Å². The summed E-state index contributed by atoms with van der Waals surface area (Å²) in [6.45, 7) is 5.05. The van der Waals surface area contributed by atoms with Gasteiger partial charge in [-0.2, -0.15) is 23.1 Å². The molecule has 1 amide bonds. The maximum Gasteiger partial charge on any atom is 0.418 e. The second-order valence-corrected chi connectivity index (χ2v) is 10.5. The molecule has 4 heterocycles. The van der Waals surface area contributed by atoms with Crippen molar-refractivity contribution < 1.29 is 27.1 Å². The van der Waals surface area contributed by atoms with E-state index >= 15 is 4.39 Å². The van der Waals surface area contributed by atoms with Gasteiger partial charge in [0.25, 0.3) is 0 Å². The van der Waals surface area contributed by atoms with E-state index in [-0.39, 0.29) is 57.9 Å². The number of alkyl halides is 3. The Morgan fingerprint density at radius 3 is 2.65 bits per heavy atom. The Bertz CT molecular complexity index is 1490. The van der Waals surface area contributed by atoms with Gasteiger partial charge in [0.2, 0.25) is 5.91 Å². The van der Waals surface area contributed by atoms with Crippen molar-refractivity contribution in [2.24, 2.45) is 0 Å². The number of amides is 1. The number of anilines is 2.